The minimum absolute atomic E-state index is 0.428. The lowest BCUT2D eigenvalue weighted by Crippen LogP contribution is -2.21. The first-order valence-electron chi connectivity index (χ1n) is 5.46. The van der Waals surface area contributed by atoms with Gasteiger partial charge in [-0.2, -0.15) is 0 Å². The first kappa shape index (κ1) is 10.8. The lowest BCUT2D eigenvalue weighted by atomic mass is 10.1. The van der Waals surface area contributed by atoms with Crippen molar-refractivity contribution >= 4 is 11.6 Å². The lowest BCUT2D eigenvalue weighted by molar-refractivity contribution is 0.100. The molecule has 0 saturated carbocycles. The molecule has 4 heteroatoms. The number of carbonyl (C=O) groups excluding carboxylic acids is 1. The molecule has 1 amide bonds. The summed E-state index contributed by atoms with van der Waals surface area (Å²) in [6.07, 6.45) is 2.27. The molecule has 1 aromatic carbocycles. The van der Waals surface area contributed by atoms with E-state index in [1.807, 2.05) is 13.0 Å². The van der Waals surface area contributed by atoms with Crippen molar-refractivity contribution in [2.24, 2.45) is 5.18 Å². The van der Waals surface area contributed by atoms with E-state index in [0.717, 1.165) is 37.2 Å². The molecular formula is C12H14N2O2. The quantitative estimate of drug-likeness (QED) is 0.716. The average Bonchev–Trinajstić information content (AvgIpc) is 2.81. The minimum atomic E-state index is -0.675. The monoisotopic (exact) mass is 218 g/mol. The molecular weight excluding hydrogens is 204 g/mol. The third kappa shape index (κ3) is 1.83. The Balaban J connectivity index is 2.47. The number of nitrogens with zero attached hydrogens (tertiary/aromatic N) is 2. The Bertz CT molecular complexity index is 423. The molecule has 0 spiro atoms. The number of anilines is 1. The van der Waals surface area contributed by atoms with Gasteiger partial charge in [0, 0.05) is 18.3 Å². The maximum atomic E-state index is 11.4. The second-order valence-electron chi connectivity index (χ2n) is 4.06. The van der Waals surface area contributed by atoms with Gasteiger partial charge in [-0.1, -0.05) is 12.1 Å². The Morgan fingerprint density at radius 1 is 1.31 bits per heavy atom. The third-order valence-corrected chi connectivity index (χ3v) is 2.97. The number of nitroso groups, excluding NO2 is 1. The molecule has 84 valence electrons. The SMILES string of the molecule is Cc1cccc(C(=O)N=O)c1N1CCCC1. The standard InChI is InChI=1S/C12H14N2O2/c1-9-5-4-6-10(12(15)13-16)11(9)14-7-2-3-8-14/h4-6H,2-3,7-8H2,1H3. The summed E-state index contributed by atoms with van der Waals surface area (Å²) in [5.74, 6) is -0.675. The predicted octanol–water partition coefficient (Wildman–Crippen LogP) is 2.50. The molecule has 4 nitrogen and oxygen atoms in total. The molecule has 0 radical (unpaired) electrons. The smallest absolute Gasteiger partial charge is 0.318 e. The number of hydrogen-bond donors (Lipinski definition) is 0. The van der Waals surface area contributed by atoms with E-state index in [1.165, 1.54) is 0 Å². The van der Waals surface area contributed by atoms with E-state index >= 15 is 0 Å². The van der Waals surface area contributed by atoms with Crippen molar-refractivity contribution in [2.75, 3.05) is 18.0 Å². The lowest BCUT2D eigenvalue weighted by Gasteiger charge is -2.22. The zero-order valence-corrected chi connectivity index (χ0v) is 9.27. The van der Waals surface area contributed by atoms with Gasteiger partial charge < -0.3 is 4.90 Å². The molecule has 0 aliphatic carbocycles. The summed E-state index contributed by atoms with van der Waals surface area (Å²) in [5.41, 5.74) is 2.33. The average molecular weight is 218 g/mol. The van der Waals surface area contributed by atoms with E-state index in [4.69, 9.17) is 0 Å². The number of hydrogen-bond acceptors (Lipinski definition) is 3. The molecule has 1 fully saturated rings. The van der Waals surface area contributed by atoms with Gasteiger partial charge in [-0.05, 0) is 31.4 Å². The van der Waals surface area contributed by atoms with Gasteiger partial charge in [0.1, 0.15) is 0 Å². The van der Waals surface area contributed by atoms with Crippen LogP contribution in [0.3, 0.4) is 0 Å². The molecule has 1 heterocycles. The van der Waals surface area contributed by atoms with Crippen LogP contribution in [0.4, 0.5) is 5.69 Å². The minimum Gasteiger partial charge on any atom is -0.371 e. The number of benzene rings is 1. The van der Waals surface area contributed by atoms with E-state index in [9.17, 15) is 9.70 Å². The number of amides is 1. The van der Waals surface area contributed by atoms with E-state index in [2.05, 4.69) is 10.1 Å². The Labute approximate surface area is 94.2 Å². The molecule has 1 aliphatic heterocycles. The highest BCUT2D eigenvalue weighted by Gasteiger charge is 2.21. The second-order valence-corrected chi connectivity index (χ2v) is 4.06. The Hall–Kier alpha value is -1.71. The molecule has 0 atom stereocenters. The van der Waals surface area contributed by atoms with Gasteiger partial charge in [-0.3, -0.25) is 4.79 Å². The van der Waals surface area contributed by atoms with Gasteiger partial charge in [0.15, 0.2) is 0 Å². The van der Waals surface area contributed by atoms with Gasteiger partial charge in [-0.25, -0.2) is 0 Å². The van der Waals surface area contributed by atoms with Gasteiger partial charge >= 0.3 is 5.91 Å². The van der Waals surface area contributed by atoms with Crippen molar-refractivity contribution in [1.82, 2.24) is 0 Å². The molecule has 0 unspecified atom stereocenters. The van der Waals surface area contributed by atoms with Crippen LogP contribution in [0.2, 0.25) is 0 Å². The number of carbonyl (C=O) groups is 1. The van der Waals surface area contributed by atoms with Crippen molar-refractivity contribution in [3.05, 3.63) is 34.2 Å². The predicted molar refractivity (Wildman–Crippen MR) is 62.8 cm³/mol. The summed E-state index contributed by atoms with van der Waals surface area (Å²) < 4.78 is 0. The van der Waals surface area contributed by atoms with Crippen LogP contribution in [0.25, 0.3) is 0 Å². The third-order valence-electron chi connectivity index (χ3n) is 2.97. The zero-order chi connectivity index (χ0) is 11.5. The van der Waals surface area contributed by atoms with Crippen LogP contribution in [0.1, 0.15) is 28.8 Å². The first-order valence-corrected chi connectivity index (χ1v) is 5.46. The number of aryl methyl sites for hydroxylation is 1. The van der Waals surface area contributed by atoms with E-state index in [1.54, 1.807) is 12.1 Å². The van der Waals surface area contributed by atoms with Crippen LogP contribution in [-0.2, 0) is 0 Å². The van der Waals surface area contributed by atoms with Gasteiger partial charge in [0.25, 0.3) is 0 Å². The van der Waals surface area contributed by atoms with Crippen LogP contribution < -0.4 is 4.90 Å². The molecule has 1 saturated heterocycles. The van der Waals surface area contributed by atoms with E-state index in [-0.39, 0.29) is 0 Å². The summed E-state index contributed by atoms with van der Waals surface area (Å²) in [4.78, 5) is 24.0. The van der Waals surface area contributed by atoms with Crippen molar-refractivity contribution in [3.8, 4) is 0 Å². The van der Waals surface area contributed by atoms with Crippen LogP contribution in [-0.4, -0.2) is 19.0 Å². The Morgan fingerprint density at radius 3 is 2.62 bits per heavy atom. The number of rotatable bonds is 2. The molecule has 2 rings (SSSR count). The summed E-state index contributed by atoms with van der Waals surface area (Å²) in [7, 11) is 0. The van der Waals surface area contributed by atoms with Gasteiger partial charge in [-0.15, -0.1) is 4.91 Å². The molecule has 1 aromatic rings. The van der Waals surface area contributed by atoms with Crippen LogP contribution in [0, 0.1) is 11.8 Å². The molecule has 0 bridgehead atoms. The zero-order valence-electron chi connectivity index (χ0n) is 9.27. The van der Waals surface area contributed by atoms with Crippen molar-refractivity contribution in [2.45, 2.75) is 19.8 Å². The van der Waals surface area contributed by atoms with Crippen molar-refractivity contribution in [1.29, 1.82) is 0 Å². The van der Waals surface area contributed by atoms with Crippen molar-refractivity contribution in [3.63, 3.8) is 0 Å². The fourth-order valence-corrected chi connectivity index (χ4v) is 2.24. The summed E-state index contributed by atoms with van der Waals surface area (Å²) in [5, 5.41) is 2.52. The largest absolute Gasteiger partial charge is 0.371 e. The van der Waals surface area contributed by atoms with Crippen LogP contribution in [0.5, 0.6) is 0 Å². The van der Waals surface area contributed by atoms with Crippen LogP contribution in [0.15, 0.2) is 23.4 Å². The molecule has 16 heavy (non-hydrogen) atoms. The summed E-state index contributed by atoms with van der Waals surface area (Å²) >= 11 is 0. The fourth-order valence-electron chi connectivity index (χ4n) is 2.24. The number of para-hydroxylation sites is 1. The Kier molecular flexibility index (Phi) is 2.99. The van der Waals surface area contributed by atoms with Crippen LogP contribution >= 0.6 is 0 Å². The molecule has 1 aliphatic rings. The van der Waals surface area contributed by atoms with E-state index in [0.29, 0.717) is 5.56 Å². The van der Waals surface area contributed by atoms with Gasteiger partial charge in [0.05, 0.1) is 11.3 Å². The second kappa shape index (κ2) is 4.43. The normalized spacial score (nSPS) is 15.2. The first-order chi connectivity index (χ1) is 7.74. The maximum Gasteiger partial charge on any atom is 0.318 e. The highest BCUT2D eigenvalue weighted by molar-refractivity contribution is 6.01. The maximum absolute atomic E-state index is 11.4. The topological polar surface area (TPSA) is 49.7 Å². The highest BCUT2D eigenvalue weighted by Crippen LogP contribution is 2.28. The summed E-state index contributed by atoms with van der Waals surface area (Å²) in [6, 6.07) is 5.41. The fraction of sp³-hybridized carbons (Fsp3) is 0.417. The van der Waals surface area contributed by atoms with Crippen molar-refractivity contribution < 1.29 is 4.79 Å². The van der Waals surface area contributed by atoms with Gasteiger partial charge in [0.2, 0.25) is 0 Å². The highest BCUT2D eigenvalue weighted by atomic mass is 16.3. The summed E-state index contributed by atoms with van der Waals surface area (Å²) in [6.45, 7) is 3.85. The van der Waals surface area contributed by atoms with E-state index < -0.39 is 5.91 Å². The Morgan fingerprint density at radius 2 is 2.00 bits per heavy atom. The molecule has 0 N–H and O–H groups in total. The molecule has 0 aromatic heterocycles.